The van der Waals surface area contributed by atoms with Crippen molar-refractivity contribution in [2.24, 2.45) is 7.05 Å². The van der Waals surface area contributed by atoms with E-state index in [-0.39, 0.29) is 11.9 Å². The van der Waals surface area contributed by atoms with E-state index >= 15 is 0 Å². The first-order valence-electron chi connectivity index (χ1n) is 9.46. The van der Waals surface area contributed by atoms with E-state index in [1.165, 1.54) is 0 Å². The van der Waals surface area contributed by atoms with Crippen molar-refractivity contribution in [3.8, 4) is 11.5 Å². The minimum atomic E-state index is -0.390. The minimum Gasteiger partial charge on any atom is -0.497 e. The zero-order chi connectivity index (χ0) is 21.5. The summed E-state index contributed by atoms with van der Waals surface area (Å²) in [4.78, 5) is 17.0. The number of nitrogens with one attached hydrogen (secondary N) is 1. The van der Waals surface area contributed by atoms with Gasteiger partial charge in [0.1, 0.15) is 23.4 Å². The highest BCUT2D eigenvalue weighted by Crippen LogP contribution is 2.28. The van der Waals surface area contributed by atoms with Crippen molar-refractivity contribution in [3.63, 3.8) is 0 Å². The molecule has 8 heteroatoms. The number of benzene rings is 2. The molecule has 2 aromatic carbocycles. The molecular weight excluding hydrogens is 425 g/mol. The number of imidazole rings is 1. The molecule has 0 spiro atoms. The van der Waals surface area contributed by atoms with Gasteiger partial charge in [-0.1, -0.05) is 35.3 Å². The van der Waals surface area contributed by atoms with Crippen LogP contribution >= 0.6 is 23.2 Å². The topological polar surface area (TPSA) is 65.4 Å². The summed E-state index contributed by atoms with van der Waals surface area (Å²) in [6.07, 6.45) is 4.39. The summed E-state index contributed by atoms with van der Waals surface area (Å²) >= 11 is 12.0. The Morgan fingerprint density at radius 3 is 2.77 bits per heavy atom. The van der Waals surface area contributed by atoms with Crippen LogP contribution in [0.3, 0.4) is 0 Å². The molecule has 1 aromatic heterocycles. The van der Waals surface area contributed by atoms with Crippen LogP contribution in [-0.4, -0.2) is 29.2 Å². The summed E-state index contributed by atoms with van der Waals surface area (Å²) in [6.45, 7) is 0.362. The van der Waals surface area contributed by atoms with E-state index in [0.717, 1.165) is 11.4 Å². The summed E-state index contributed by atoms with van der Waals surface area (Å²) in [5, 5.41) is 4.06. The molecule has 30 heavy (non-hydrogen) atoms. The number of methoxy groups -OCH3 is 1. The number of carbonyl (C=O) groups excluding carboxylic acids is 1. The second-order valence-electron chi connectivity index (χ2n) is 6.70. The van der Waals surface area contributed by atoms with E-state index in [1.807, 2.05) is 42.1 Å². The molecule has 0 saturated carbocycles. The number of hydrogen-bond acceptors (Lipinski definition) is 4. The number of hydrogen-bond donors (Lipinski definition) is 1. The molecule has 1 amide bonds. The lowest BCUT2D eigenvalue weighted by Crippen LogP contribution is -2.31. The van der Waals surface area contributed by atoms with Crippen molar-refractivity contribution in [3.05, 3.63) is 76.3 Å². The Bertz CT molecular complexity index is 1010. The van der Waals surface area contributed by atoms with Gasteiger partial charge in [0.25, 0.3) is 0 Å². The van der Waals surface area contributed by atoms with Crippen molar-refractivity contribution >= 4 is 29.1 Å². The number of aryl methyl sites for hydroxylation is 1. The van der Waals surface area contributed by atoms with Crippen LogP contribution < -0.4 is 14.8 Å². The number of halogens is 2. The smallest absolute Gasteiger partial charge is 0.220 e. The monoisotopic (exact) mass is 447 g/mol. The third-order valence-corrected chi connectivity index (χ3v) is 5.08. The third kappa shape index (κ3) is 5.68. The first-order valence-corrected chi connectivity index (χ1v) is 10.2. The van der Waals surface area contributed by atoms with E-state index in [4.69, 9.17) is 32.7 Å². The van der Waals surface area contributed by atoms with Gasteiger partial charge in [0.05, 0.1) is 18.7 Å². The molecule has 0 saturated heterocycles. The highest BCUT2D eigenvalue weighted by Gasteiger charge is 2.21. The maximum atomic E-state index is 12.6. The normalized spacial score (nSPS) is 11.7. The summed E-state index contributed by atoms with van der Waals surface area (Å²) in [6, 6.07) is 12.2. The van der Waals surface area contributed by atoms with Crippen molar-refractivity contribution in [2.75, 3.05) is 13.7 Å². The number of rotatable bonds is 9. The van der Waals surface area contributed by atoms with Gasteiger partial charge in [0.2, 0.25) is 5.91 Å². The van der Waals surface area contributed by atoms with Crippen LogP contribution in [0.15, 0.2) is 54.9 Å². The van der Waals surface area contributed by atoms with E-state index in [2.05, 4.69) is 10.3 Å². The highest BCUT2D eigenvalue weighted by atomic mass is 35.5. The van der Waals surface area contributed by atoms with Crippen molar-refractivity contribution in [1.29, 1.82) is 0 Å². The molecule has 0 fully saturated rings. The summed E-state index contributed by atoms with van der Waals surface area (Å²) < 4.78 is 12.9. The fourth-order valence-electron chi connectivity index (χ4n) is 3.01. The van der Waals surface area contributed by atoms with Gasteiger partial charge in [-0.3, -0.25) is 4.79 Å². The second-order valence-corrected chi connectivity index (χ2v) is 7.54. The molecule has 1 heterocycles. The zero-order valence-corrected chi connectivity index (χ0v) is 18.3. The van der Waals surface area contributed by atoms with Crippen molar-refractivity contribution in [2.45, 2.75) is 18.9 Å². The standard InChI is InChI=1S/C22H23Cl2N3O3/c1-27-11-10-25-22(27)21(15-5-3-6-17(13-15)29-2)26-20(28)7-4-12-30-19-9-8-16(23)14-18(19)24/h3,5-6,8-11,13-14,21H,4,7,12H2,1-2H3,(H,26,28). The lowest BCUT2D eigenvalue weighted by molar-refractivity contribution is -0.121. The predicted molar refractivity (Wildman–Crippen MR) is 117 cm³/mol. The van der Waals surface area contributed by atoms with Crippen molar-refractivity contribution in [1.82, 2.24) is 14.9 Å². The number of amides is 1. The highest BCUT2D eigenvalue weighted by molar-refractivity contribution is 6.35. The SMILES string of the molecule is COc1cccc(C(NC(=O)CCCOc2ccc(Cl)cc2Cl)c2nccn2C)c1. The van der Waals surface area contributed by atoms with Gasteiger partial charge in [-0.05, 0) is 42.3 Å². The summed E-state index contributed by atoms with van der Waals surface area (Å²) in [5.74, 6) is 1.90. The predicted octanol–water partition coefficient (Wildman–Crippen LogP) is 4.80. The summed E-state index contributed by atoms with van der Waals surface area (Å²) in [5.41, 5.74) is 0.890. The molecule has 0 aliphatic heterocycles. The van der Waals surface area contributed by atoms with E-state index in [9.17, 15) is 4.79 Å². The molecule has 0 bridgehead atoms. The molecule has 3 aromatic rings. The van der Waals surface area contributed by atoms with Gasteiger partial charge >= 0.3 is 0 Å². The van der Waals surface area contributed by atoms with Gasteiger partial charge in [0.15, 0.2) is 0 Å². The molecule has 1 atom stereocenters. The van der Waals surface area contributed by atoms with Gasteiger partial charge < -0.3 is 19.4 Å². The number of aromatic nitrogens is 2. The molecule has 0 aliphatic rings. The Hall–Kier alpha value is -2.70. The number of carbonyl (C=O) groups is 1. The Balaban J connectivity index is 1.61. The minimum absolute atomic E-state index is 0.100. The van der Waals surface area contributed by atoms with Gasteiger partial charge in [0, 0.05) is 30.9 Å². The first kappa shape index (κ1) is 22.0. The first-order chi connectivity index (χ1) is 14.5. The van der Waals surface area contributed by atoms with E-state index in [1.54, 1.807) is 31.5 Å². The van der Waals surface area contributed by atoms with Crippen LogP contribution in [0.5, 0.6) is 11.5 Å². The van der Waals surface area contributed by atoms with Crippen molar-refractivity contribution < 1.29 is 14.3 Å². The molecule has 3 rings (SSSR count). The lowest BCUT2D eigenvalue weighted by atomic mass is 10.1. The number of nitrogens with zero attached hydrogens (tertiary/aromatic N) is 2. The average Bonchev–Trinajstić information content (AvgIpc) is 3.16. The molecule has 6 nitrogen and oxygen atoms in total. The molecular formula is C22H23Cl2N3O3. The molecule has 0 aliphatic carbocycles. The van der Waals surface area contributed by atoms with Gasteiger partial charge in [-0.25, -0.2) is 4.98 Å². The van der Waals surface area contributed by atoms with Crippen LogP contribution in [0, 0.1) is 0 Å². The average molecular weight is 448 g/mol. The van der Waals surface area contributed by atoms with Gasteiger partial charge in [-0.15, -0.1) is 0 Å². The Labute approximate surface area is 185 Å². The number of ether oxygens (including phenoxy) is 2. The van der Waals surface area contributed by atoms with Crippen LogP contribution in [0.4, 0.5) is 0 Å². The lowest BCUT2D eigenvalue weighted by Gasteiger charge is -2.20. The van der Waals surface area contributed by atoms with E-state index in [0.29, 0.717) is 41.0 Å². The van der Waals surface area contributed by atoms with Crippen LogP contribution in [0.1, 0.15) is 30.3 Å². The Morgan fingerprint density at radius 2 is 2.07 bits per heavy atom. The maximum Gasteiger partial charge on any atom is 0.220 e. The maximum absolute atomic E-state index is 12.6. The largest absolute Gasteiger partial charge is 0.497 e. The second kappa shape index (κ2) is 10.4. The molecule has 1 unspecified atom stereocenters. The Morgan fingerprint density at radius 1 is 1.23 bits per heavy atom. The van der Waals surface area contributed by atoms with E-state index < -0.39 is 0 Å². The van der Waals surface area contributed by atoms with Crippen LogP contribution in [-0.2, 0) is 11.8 Å². The van der Waals surface area contributed by atoms with Gasteiger partial charge in [-0.2, -0.15) is 0 Å². The molecule has 1 N–H and O–H groups in total. The van der Waals surface area contributed by atoms with Crippen LogP contribution in [0.25, 0.3) is 0 Å². The molecule has 158 valence electrons. The third-order valence-electron chi connectivity index (χ3n) is 4.55. The fourth-order valence-corrected chi connectivity index (χ4v) is 3.48. The Kier molecular flexibility index (Phi) is 7.60. The zero-order valence-electron chi connectivity index (χ0n) is 16.8. The fraction of sp³-hybridized carbons (Fsp3) is 0.273. The quantitative estimate of drug-likeness (QED) is 0.478. The van der Waals surface area contributed by atoms with Crippen LogP contribution in [0.2, 0.25) is 10.0 Å². The summed E-state index contributed by atoms with van der Waals surface area (Å²) in [7, 11) is 3.51. The molecule has 0 radical (unpaired) electrons.